The molecule has 0 amide bonds. The summed E-state index contributed by atoms with van der Waals surface area (Å²) in [5, 5.41) is 0. The third-order valence-electron chi connectivity index (χ3n) is 3.26. The molecular formula is C17H22O4S2. The summed E-state index contributed by atoms with van der Waals surface area (Å²) >= 11 is 0. The maximum absolute atomic E-state index is 10.9. The molecule has 0 bridgehead atoms. The Kier molecular flexibility index (Phi) is 8.33. The highest BCUT2D eigenvalue weighted by Gasteiger charge is 2.20. The van der Waals surface area contributed by atoms with Gasteiger partial charge in [-0.15, -0.1) is 0 Å². The summed E-state index contributed by atoms with van der Waals surface area (Å²) in [6, 6.07) is 20.5. The Balaban J connectivity index is 0.00000264. The van der Waals surface area contributed by atoms with Gasteiger partial charge in [-0.25, -0.2) is 0 Å². The monoisotopic (exact) mass is 354 g/mol. The number of benzene rings is 2. The lowest BCUT2D eigenvalue weighted by Crippen LogP contribution is -2.16. The van der Waals surface area contributed by atoms with Crippen molar-refractivity contribution in [2.24, 2.45) is 0 Å². The molecule has 2 aromatic rings. The van der Waals surface area contributed by atoms with Crippen LogP contribution in [0.1, 0.15) is 17.5 Å². The van der Waals surface area contributed by atoms with E-state index in [1.165, 1.54) is 11.1 Å². The van der Waals surface area contributed by atoms with Crippen molar-refractivity contribution in [3.63, 3.8) is 0 Å². The molecule has 6 heteroatoms. The van der Waals surface area contributed by atoms with Crippen LogP contribution in [0, 0.1) is 0 Å². The van der Waals surface area contributed by atoms with Crippen LogP contribution in [0.25, 0.3) is 0 Å². The highest BCUT2D eigenvalue weighted by atomic mass is 32.2. The Labute approximate surface area is 141 Å². The Morgan fingerprint density at radius 1 is 0.826 bits per heavy atom. The second-order valence-corrected chi connectivity index (χ2v) is 9.00. The summed E-state index contributed by atoms with van der Waals surface area (Å²) in [7, 11) is -3.80. The van der Waals surface area contributed by atoms with E-state index in [1.807, 2.05) is 36.4 Å². The summed E-state index contributed by atoms with van der Waals surface area (Å²) in [5.41, 5.74) is 2.54. The summed E-state index contributed by atoms with van der Waals surface area (Å²) < 4.78 is 30.7. The molecule has 0 heterocycles. The van der Waals surface area contributed by atoms with Crippen LogP contribution < -0.4 is 0 Å². The fraction of sp³-hybridized carbons (Fsp3) is 0.294. The molecule has 2 aromatic carbocycles. The lowest BCUT2D eigenvalue weighted by atomic mass is 10.2. The van der Waals surface area contributed by atoms with Crippen molar-refractivity contribution < 1.29 is 18.4 Å². The maximum Gasteiger partial charge on any atom is 0.265 e. The lowest BCUT2D eigenvalue weighted by Gasteiger charge is -2.09. The van der Waals surface area contributed by atoms with E-state index in [-0.39, 0.29) is 22.1 Å². The first-order valence-electron chi connectivity index (χ1n) is 7.20. The van der Waals surface area contributed by atoms with Gasteiger partial charge in [-0.1, -0.05) is 60.7 Å². The molecule has 0 atom stereocenters. The summed E-state index contributed by atoms with van der Waals surface area (Å²) in [6.45, 7) is 0. The van der Waals surface area contributed by atoms with Crippen LogP contribution in [0.2, 0.25) is 0 Å². The van der Waals surface area contributed by atoms with Gasteiger partial charge in [0, 0.05) is 17.5 Å². The first-order chi connectivity index (χ1) is 10.5. The molecule has 0 radical (unpaired) electrons. The molecule has 126 valence electrons. The van der Waals surface area contributed by atoms with E-state index in [0.717, 1.165) is 17.3 Å². The average molecular weight is 354 g/mol. The van der Waals surface area contributed by atoms with Gasteiger partial charge < -0.3 is 5.48 Å². The maximum atomic E-state index is 10.9. The van der Waals surface area contributed by atoms with Gasteiger partial charge >= 0.3 is 0 Å². The SMILES string of the molecule is O=S(=O)(O)CCC[S+](Cc1ccccc1)Cc1ccccc1.[OH-]. The first-order valence-corrected chi connectivity index (χ1v) is 10.5. The fourth-order valence-corrected chi connectivity index (χ4v) is 5.22. The van der Waals surface area contributed by atoms with Crippen molar-refractivity contribution in [2.45, 2.75) is 17.9 Å². The molecule has 0 aromatic heterocycles. The van der Waals surface area contributed by atoms with Gasteiger partial charge in [0.2, 0.25) is 0 Å². The highest BCUT2D eigenvalue weighted by Crippen LogP contribution is 2.16. The normalized spacial score (nSPS) is 11.2. The van der Waals surface area contributed by atoms with Gasteiger partial charge in [-0.3, -0.25) is 4.55 Å². The predicted octanol–water partition coefficient (Wildman–Crippen LogP) is 3.11. The zero-order chi connectivity index (χ0) is 15.8. The van der Waals surface area contributed by atoms with Crippen molar-refractivity contribution in [2.75, 3.05) is 11.5 Å². The fourth-order valence-electron chi connectivity index (χ4n) is 2.26. The molecule has 0 unspecified atom stereocenters. The second-order valence-electron chi connectivity index (χ2n) is 5.22. The van der Waals surface area contributed by atoms with E-state index in [0.29, 0.717) is 6.42 Å². The van der Waals surface area contributed by atoms with Crippen molar-refractivity contribution in [1.82, 2.24) is 0 Å². The van der Waals surface area contributed by atoms with Crippen molar-refractivity contribution in [3.05, 3.63) is 71.8 Å². The van der Waals surface area contributed by atoms with Crippen LogP contribution in [-0.2, 0) is 32.5 Å². The minimum absolute atomic E-state index is 0. The third-order valence-corrected chi connectivity index (χ3v) is 6.42. The lowest BCUT2D eigenvalue weighted by molar-refractivity contribution is 0.482. The summed E-state index contributed by atoms with van der Waals surface area (Å²) in [5.74, 6) is 2.55. The molecule has 0 aliphatic carbocycles. The molecule has 2 rings (SSSR count). The standard InChI is InChI=1S/C17H20O3S2.H2O/c18-22(19,20)13-7-12-21(14-16-8-3-1-4-9-16)15-17-10-5-2-6-11-17;/h1-6,8-11H,7,12-15H2;1H2. The molecule has 0 fully saturated rings. The van der Waals surface area contributed by atoms with E-state index in [1.54, 1.807) is 0 Å². The minimum atomic E-state index is -3.86. The van der Waals surface area contributed by atoms with Gasteiger partial charge in [0.1, 0.15) is 17.3 Å². The predicted molar refractivity (Wildman–Crippen MR) is 95.5 cm³/mol. The van der Waals surface area contributed by atoms with Crippen molar-refractivity contribution >= 4 is 21.0 Å². The molecular weight excluding hydrogens is 332 g/mol. The highest BCUT2D eigenvalue weighted by molar-refractivity contribution is 7.95. The molecule has 4 nitrogen and oxygen atoms in total. The Morgan fingerprint density at radius 2 is 1.26 bits per heavy atom. The zero-order valence-electron chi connectivity index (χ0n) is 12.8. The first kappa shape index (κ1) is 19.7. The molecule has 2 N–H and O–H groups in total. The molecule has 0 aliphatic heterocycles. The van der Waals surface area contributed by atoms with Crippen LogP contribution in [0.15, 0.2) is 60.7 Å². The quantitative estimate of drug-likeness (QED) is 0.583. The van der Waals surface area contributed by atoms with Gasteiger partial charge in [-0.2, -0.15) is 8.42 Å². The van der Waals surface area contributed by atoms with E-state index in [4.69, 9.17) is 4.55 Å². The number of hydrogen-bond donors (Lipinski definition) is 1. The molecule has 0 aliphatic rings. The zero-order valence-corrected chi connectivity index (χ0v) is 14.5. The largest absolute Gasteiger partial charge is 0.870 e. The Hall–Kier alpha value is -1.34. The van der Waals surface area contributed by atoms with E-state index in [9.17, 15) is 8.42 Å². The topological polar surface area (TPSA) is 84.4 Å². The second kappa shape index (κ2) is 9.72. The van der Waals surface area contributed by atoms with Crippen LogP contribution in [0.5, 0.6) is 0 Å². The average Bonchev–Trinajstić information content (AvgIpc) is 2.48. The third kappa shape index (κ3) is 8.18. The van der Waals surface area contributed by atoms with Crippen molar-refractivity contribution in [1.29, 1.82) is 0 Å². The number of rotatable bonds is 8. The van der Waals surface area contributed by atoms with Gasteiger partial charge in [0.25, 0.3) is 10.1 Å². The Bertz CT molecular complexity index is 616. The number of hydrogen-bond acceptors (Lipinski definition) is 3. The van der Waals surface area contributed by atoms with Crippen LogP contribution >= 0.6 is 0 Å². The summed E-state index contributed by atoms with van der Waals surface area (Å²) in [4.78, 5) is 0. The molecule has 23 heavy (non-hydrogen) atoms. The van der Waals surface area contributed by atoms with Gasteiger partial charge in [-0.05, 0) is 10.9 Å². The van der Waals surface area contributed by atoms with E-state index >= 15 is 0 Å². The Morgan fingerprint density at radius 3 is 1.65 bits per heavy atom. The van der Waals surface area contributed by atoms with Crippen LogP contribution in [0.3, 0.4) is 0 Å². The molecule has 0 spiro atoms. The van der Waals surface area contributed by atoms with Gasteiger partial charge in [0.05, 0.1) is 5.75 Å². The smallest absolute Gasteiger partial charge is 0.265 e. The molecule has 0 saturated heterocycles. The van der Waals surface area contributed by atoms with Crippen LogP contribution in [-0.4, -0.2) is 30.0 Å². The minimum Gasteiger partial charge on any atom is -0.870 e. The van der Waals surface area contributed by atoms with E-state index in [2.05, 4.69) is 24.3 Å². The van der Waals surface area contributed by atoms with E-state index < -0.39 is 10.1 Å². The van der Waals surface area contributed by atoms with Gasteiger partial charge in [0.15, 0.2) is 0 Å². The molecule has 0 saturated carbocycles. The van der Waals surface area contributed by atoms with Crippen molar-refractivity contribution in [3.8, 4) is 0 Å². The van der Waals surface area contributed by atoms with Crippen LogP contribution in [0.4, 0.5) is 0 Å². The summed E-state index contributed by atoms with van der Waals surface area (Å²) in [6.07, 6.45) is 0.502.